The van der Waals surface area contributed by atoms with Crippen LogP contribution in [0.3, 0.4) is 0 Å². The first kappa shape index (κ1) is 8.14. The zero-order chi connectivity index (χ0) is 9.14. The Bertz CT molecular complexity index is 348. The number of methoxy groups -OCH3 is 1. The van der Waals surface area contributed by atoms with Gasteiger partial charge in [-0.15, -0.1) is 0 Å². The van der Waals surface area contributed by atoms with Crippen molar-refractivity contribution in [3.8, 4) is 6.07 Å². The topological polar surface area (TPSA) is 89.2 Å². The van der Waals surface area contributed by atoms with E-state index >= 15 is 0 Å². The molecule has 1 aromatic rings. The molecular formula is C7H6N2O3. The fourth-order valence-electron chi connectivity index (χ4n) is 0.694. The maximum atomic E-state index is 10.8. The Kier molecular flexibility index (Phi) is 2.01. The van der Waals surface area contributed by atoms with Gasteiger partial charge in [-0.2, -0.15) is 5.26 Å². The van der Waals surface area contributed by atoms with Crippen LogP contribution in [0.1, 0.15) is 16.1 Å². The molecule has 0 amide bonds. The van der Waals surface area contributed by atoms with Gasteiger partial charge in [0, 0.05) is 6.07 Å². The van der Waals surface area contributed by atoms with Crippen LogP contribution in [0.5, 0.6) is 0 Å². The van der Waals surface area contributed by atoms with E-state index in [1.165, 1.54) is 13.2 Å². The molecule has 0 aliphatic heterocycles. The first-order valence-electron chi connectivity index (χ1n) is 3.06. The minimum Gasteiger partial charge on any atom is -0.463 e. The molecule has 62 valence electrons. The summed E-state index contributed by atoms with van der Waals surface area (Å²) < 4.78 is 9.09. The van der Waals surface area contributed by atoms with E-state index in [9.17, 15) is 4.79 Å². The number of nitrogens with two attached hydrogens (primary N) is 1. The number of nitrogens with zero attached hydrogens (tertiary/aromatic N) is 1. The molecule has 0 spiro atoms. The average Bonchev–Trinajstić information content (AvgIpc) is 2.45. The summed E-state index contributed by atoms with van der Waals surface area (Å²) in [5, 5.41) is 8.44. The molecule has 5 heteroatoms. The second kappa shape index (κ2) is 2.96. The lowest BCUT2D eigenvalue weighted by molar-refractivity contribution is 0.0566. The lowest BCUT2D eigenvalue weighted by atomic mass is 10.3. The fraction of sp³-hybridized carbons (Fsp3) is 0.143. The Morgan fingerprint density at radius 2 is 2.50 bits per heavy atom. The Morgan fingerprint density at radius 1 is 1.83 bits per heavy atom. The highest BCUT2D eigenvalue weighted by Crippen LogP contribution is 2.16. The van der Waals surface area contributed by atoms with Crippen molar-refractivity contribution >= 4 is 11.9 Å². The van der Waals surface area contributed by atoms with Crippen LogP contribution in [0.4, 0.5) is 5.88 Å². The normalized spacial score (nSPS) is 9.00. The first-order valence-corrected chi connectivity index (χ1v) is 3.06. The van der Waals surface area contributed by atoms with Crippen LogP contribution >= 0.6 is 0 Å². The van der Waals surface area contributed by atoms with Crippen molar-refractivity contribution in [2.24, 2.45) is 0 Å². The molecular weight excluding hydrogens is 160 g/mol. The van der Waals surface area contributed by atoms with Gasteiger partial charge in [-0.1, -0.05) is 0 Å². The first-order chi connectivity index (χ1) is 5.69. The zero-order valence-electron chi connectivity index (χ0n) is 6.33. The Labute approximate surface area is 68.3 Å². The van der Waals surface area contributed by atoms with Crippen LogP contribution in [-0.2, 0) is 4.74 Å². The molecule has 0 aromatic carbocycles. The highest BCUT2D eigenvalue weighted by molar-refractivity contribution is 5.87. The SMILES string of the molecule is COC(=O)c1cc(C#N)c(N)o1. The van der Waals surface area contributed by atoms with Crippen molar-refractivity contribution in [1.29, 1.82) is 5.26 Å². The van der Waals surface area contributed by atoms with Crippen LogP contribution in [-0.4, -0.2) is 13.1 Å². The van der Waals surface area contributed by atoms with Crippen LogP contribution < -0.4 is 5.73 Å². The smallest absolute Gasteiger partial charge is 0.374 e. The van der Waals surface area contributed by atoms with Crippen LogP contribution in [0.2, 0.25) is 0 Å². The molecule has 0 saturated heterocycles. The Balaban J connectivity index is 3.07. The van der Waals surface area contributed by atoms with E-state index in [1.807, 2.05) is 0 Å². The summed E-state index contributed by atoms with van der Waals surface area (Å²) in [7, 11) is 1.22. The number of furan rings is 1. The number of hydrogen-bond acceptors (Lipinski definition) is 5. The maximum Gasteiger partial charge on any atom is 0.374 e. The standard InChI is InChI=1S/C7H6N2O3/c1-11-7(10)5-2-4(3-8)6(9)12-5/h2H,9H2,1H3. The van der Waals surface area contributed by atoms with E-state index in [-0.39, 0.29) is 17.2 Å². The van der Waals surface area contributed by atoms with Gasteiger partial charge in [0.2, 0.25) is 11.6 Å². The number of hydrogen-bond donors (Lipinski definition) is 1. The number of nitrogen functional groups attached to an aromatic ring is 1. The lowest BCUT2D eigenvalue weighted by Gasteiger charge is -1.90. The van der Waals surface area contributed by atoms with E-state index in [0.717, 1.165) is 0 Å². The zero-order valence-corrected chi connectivity index (χ0v) is 6.33. The van der Waals surface area contributed by atoms with Gasteiger partial charge in [-0.25, -0.2) is 4.79 Å². The van der Waals surface area contributed by atoms with E-state index in [0.29, 0.717) is 0 Å². The molecule has 0 aliphatic carbocycles. The molecule has 0 fully saturated rings. The number of carbonyl (C=O) groups is 1. The van der Waals surface area contributed by atoms with Gasteiger partial charge in [0.25, 0.3) is 0 Å². The van der Waals surface area contributed by atoms with Crippen molar-refractivity contribution in [1.82, 2.24) is 0 Å². The van der Waals surface area contributed by atoms with Crippen molar-refractivity contribution in [3.63, 3.8) is 0 Å². The van der Waals surface area contributed by atoms with E-state index < -0.39 is 5.97 Å². The van der Waals surface area contributed by atoms with Gasteiger partial charge >= 0.3 is 5.97 Å². The minimum absolute atomic E-state index is 0.0634. The molecule has 1 rings (SSSR count). The molecule has 0 bridgehead atoms. The molecule has 2 N–H and O–H groups in total. The lowest BCUT2D eigenvalue weighted by Crippen LogP contribution is -1.98. The van der Waals surface area contributed by atoms with Crippen molar-refractivity contribution in [2.45, 2.75) is 0 Å². The van der Waals surface area contributed by atoms with E-state index in [4.69, 9.17) is 15.4 Å². The molecule has 12 heavy (non-hydrogen) atoms. The summed E-state index contributed by atoms with van der Waals surface area (Å²) in [4.78, 5) is 10.8. The predicted octanol–water partition coefficient (Wildman–Crippen LogP) is 0.520. The van der Waals surface area contributed by atoms with E-state index in [1.54, 1.807) is 6.07 Å². The quantitative estimate of drug-likeness (QED) is 0.614. The number of carbonyl (C=O) groups excluding carboxylic acids is 1. The van der Waals surface area contributed by atoms with Crippen LogP contribution in [0.15, 0.2) is 10.5 Å². The van der Waals surface area contributed by atoms with Gasteiger partial charge in [0.15, 0.2) is 0 Å². The summed E-state index contributed by atoms with van der Waals surface area (Å²) in [6.07, 6.45) is 0. The van der Waals surface area contributed by atoms with Crippen molar-refractivity contribution in [2.75, 3.05) is 12.8 Å². The predicted molar refractivity (Wildman–Crippen MR) is 39.2 cm³/mol. The Hall–Kier alpha value is -1.96. The summed E-state index contributed by atoms with van der Waals surface area (Å²) in [5.74, 6) is -0.785. The third-order valence-corrected chi connectivity index (χ3v) is 1.27. The second-order valence-electron chi connectivity index (χ2n) is 1.99. The third-order valence-electron chi connectivity index (χ3n) is 1.27. The highest BCUT2D eigenvalue weighted by Gasteiger charge is 2.14. The molecule has 0 aliphatic rings. The van der Waals surface area contributed by atoms with Gasteiger partial charge < -0.3 is 14.9 Å². The summed E-state index contributed by atoms with van der Waals surface area (Å²) >= 11 is 0. The largest absolute Gasteiger partial charge is 0.463 e. The van der Waals surface area contributed by atoms with Crippen LogP contribution in [0, 0.1) is 11.3 Å². The molecule has 0 atom stereocenters. The minimum atomic E-state index is -0.650. The molecule has 1 heterocycles. The Morgan fingerprint density at radius 3 is 2.92 bits per heavy atom. The number of anilines is 1. The van der Waals surface area contributed by atoms with Crippen molar-refractivity contribution in [3.05, 3.63) is 17.4 Å². The molecule has 0 radical (unpaired) electrons. The highest BCUT2D eigenvalue weighted by atomic mass is 16.5. The fourth-order valence-corrected chi connectivity index (χ4v) is 0.694. The van der Waals surface area contributed by atoms with Gasteiger partial charge in [0.1, 0.15) is 11.6 Å². The number of esters is 1. The summed E-state index contributed by atoms with van der Waals surface area (Å²) in [6, 6.07) is 3.01. The third kappa shape index (κ3) is 1.22. The second-order valence-corrected chi connectivity index (χ2v) is 1.99. The maximum absolute atomic E-state index is 10.8. The number of nitriles is 1. The van der Waals surface area contributed by atoms with Crippen molar-refractivity contribution < 1.29 is 13.9 Å². The number of rotatable bonds is 1. The monoisotopic (exact) mass is 166 g/mol. The molecule has 0 saturated carbocycles. The van der Waals surface area contributed by atoms with E-state index in [2.05, 4.69) is 4.74 Å². The molecule has 1 aromatic heterocycles. The molecule has 0 unspecified atom stereocenters. The van der Waals surface area contributed by atoms with Gasteiger partial charge in [-0.05, 0) is 0 Å². The van der Waals surface area contributed by atoms with Crippen LogP contribution in [0.25, 0.3) is 0 Å². The van der Waals surface area contributed by atoms with Gasteiger partial charge in [-0.3, -0.25) is 0 Å². The summed E-state index contributed by atoms with van der Waals surface area (Å²) in [6.45, 7) is 0. The molecule has 5 nitrogen and oxygen atoms in total. The summed E-state index contributed by atoms with van der Waals surface area (Å²) in [5.41, 5.74) is 5.38. The average molecular weight is 166 g/mol. The number of ether oxygens (including phenoxy) is 1. The van der Waals surface area contributed by atoms with Gasteiger partial charge in [0.05, 0.1) is 7.11 Å².